The molecule has 1 aliphatic heterocycles. The zero-order valence-corrected chi connectivity index (χ0v) is 17.3. The van der Waals surface area contributed by atoms with Gasteiger partial charge in [0.05, 0.1) is 13.7 Å². The maximum atomic E-state index is 12.7. The molecule has 1 fully saturated rings. The summed E-state index contributed by atoms with van der Waals surface area (Å²) in [4.78, 5) is 29.1. The van der Waals surface area contributed by atoms with Gasteiger partial charge in [-0.15, -0.1) is 0 Å². The minimum atomic E-state index is -1.56. The number of hydrogen-bond acceptors (Lipinski definition) is 5. The number of hydrogen-bond donors (Lipinski definition) is 3. The smallest absolute Gasteiger partial charge is 0.323 e. The largest absolute Gasteiger partial charge is 0.497 e. The summed E-state index contributed by atoms with van der Waals surface area (Å²) in [6.45, 7) is -0.0819. The quantitative estimate of drug-likeness (QED) is 0.340. The topological polar surface area (TPSA) is 110 Å². The summed E-state index contributed by atoms with van der Waals surface area (Å²) >= 11 is 0. The van der Waals surface area contributed by atoms with Crippen molar-refractivity contribution in [3.63, 3.8) is 0 Å². The van der Waals surface area contributed by atoms with Crippen LogP contribution in [0.1, 0.15) is 5.56 Å². The lowest BCUT2D eigenvalue weighted by molar-refractivity contribution is -0.122. The predicted octanol–water partition coefficient (Wildman–Crippen LogP) is 1.87. The first-order valence-corrected chi connectivity index (χ1v) is 9.82. The Hall–Kier alpha value is -4.45. The molecule has 0 saturated carbocycles. The van der Waals surface area contributed by atoms with Crippen LogP contribution < -0.4 is 15.4 Å². The van der Waals surface area contributed by atoms with Gasteiger partial charge in [0.25, 0.3) is 5.91 Å². The average molecular weight is 429 g/mol. The van der Waals surface area contributed by atoms with Crippen LogP contribution in [0, 0.1) is 11.8 Å². The minimum absolute atomic E-state index is 0.0543. The number of amides is 3. The summed E-state index contributed by atoms with van der Waals surface area (Å²) in [6.07, 6.45) is 5.21. The molecular formula is C23H19N5O4. The highest BCUT2D eigenvalue weighted by Crippen LogP contribution is 2.32. The van der Waals surface area contributed by atoms with Crippen molar-refractivity contribution in [2.24, 2.45) is 7.05 Å². The number of carbonyl (C=O) groups excluding carboxylic acids is 2. The van der Waals surface area contributed by atoms with Gasteiger partial charge in [0.1, 0.15) is 11.4 Å². The minimum Gasteiger partial charge on any atom is -0.497 e. The summed E-state index contributed by atoms with van der Waals surface area (Å²) in [5.41, 5.74) is -0.139. The Kier molecular flexibility index (Phi) is 4.30. The van der Waals surface area contributed by atoms with Crippen LogP contribution in [0.3, 0.4) is 0 Å². The number of aryl methyl sites for hydroxylation is 1. The molecule has 0 radical (unpaired) electrons. The number of rotatable bonds is 3. The van der Waals surface area contributed by atoms with E-state index in [4.69, 9.17) is 4.74 Å². The molecule has 32 heavy (non-hydrogen) atoms. The van der Waals surface area contributed by atoms with Gasteiger partial charge >= 0.3 is 6.03 Å². The van der Waals surface area contributed by atoms with E-state index in [2.05, 4.69) is 27.5 Å². The van der Waals surface area contributed by atoms with Crippen molar-refractivity contribution in [2.45, 2.75) is 12.1 Å². The molecule has 0 aliphatic carbocycles. The Balaban J connectivity index is 1.55. The van der Waals surface area contributed by atoms with Crippen LogP contribution in [0.25, 0.3) is 21.8 Å². The number of carbonyl (C=O) groups is 2. The molecule has 0 bridgehead atoms. The van der Waals surface area contributed by atoms with Crippen LogP contribution in [0.2, 0.25) is 0 Å². The second kappa shape index (κ2) is 7.06. The Labute approximate surface area is 182 Å². The lowest BCUT2D eigenvalue weighted by Gasteiger charge is -2.20. The van der Waals surface area contributed by atoms with Gasteiger partial charge in [-0.3, -0.25) is 10.1 Å². The highest BCUT2D eigenvalue weighted by atomic mass is 16.5. The summed E-state index contributed by atoms with van der Waals surface area (Å²) in [5, 5.41) is 17.8. The number of benzene rings is 1. The molecule has 160 valence electrons. The van der Waals surface area contributed by atoms with Crippen LogP contribution in [-0.4, -0.2) is 43.8 Å². The summed E-state index contributed by atoms with van der Waals surface area (Å²) in [5.74, 6) is 5.82. The van der Waals surface area contributed by atoms with Crippen LogP contribution >= 0.6 is 0 Å². The third-order valence-electron chi connectivity index (χ3n) is 5.54. The van der Waals surface area contributed by atoms with Crippen LogP contribution in [0.15, 0.2) is 48.9 Å². The van der Waals surface area contributed by atoms with Crippen LogP contribution in [-0.2, 0) is 18.4 Å². The summed E-state index contributed by atoms with van der Waals surface area (Å²) < 4.78 is 8.60. The zero-order valence-electron chi connectivity index (χ0n) is 17.3. The normalized spacial score (nSPS) is 17.8. The maximum absolute atomic E-state index is 12.7. The van der Waals surface area contributed by atoms with E-state index in [9.17, 15) is 14.7 Å². The number of aromatic nitrogens is 3. The van der Waals surface area contributed by atoms with Gasteiger partial charge < -0.3 is 24.3 Å². The zero-order chi connectivity index (χ0) is 22.5. The van der Waals surface area contributed by atoms with E-state index in [0.29, 0.717) is 16.7 Å². The van der Waals surface area contributed by atoms with Crippen molar-refractivity contribution in [2.75, 3.05) is 7.11 Å². The lowest BCUT2D eigenvalue weighted by Crippen LogP contribution is -2.49. The van der Waals surface area contributed by atoms with Crippen LogP contribution in [0.4, 0.5) is 4.79 Å². The van der Waals surface area contributed by atoms with Crippen molar-refractivity contribution in [1.29, 1.82) is 0 Å². The van der Waals surface area contributed by atoms with Gasteiger partial charge in [-0.05, 0) is 30.3 Å². The van der Waals surface area contributed by atoms with E-state index >= 15 is 0 Å². The first-order chi connectivity index (χ1) is 15.4. The molecule has 3 amide bonds. The Bertz CT molecular complexity index is 1470. The predicted molar refractivity (Wildman–Crippen MR) is 117 cm³/mol. The van der Waals surface area contributed by atoms with Gasteiger partial charge in [-0.1, -0.05) is 11.8 Å². The van der Waals surface area contributed by atoms with Crippen molar-refractivity contribution in [1.82, 2.24) is 24.8 Å². The first kappa shape index (κ1) is 19.5. The number of urea groups is 1. The standard InChI is InChI=1S/C23H19N5O4/c1-27-8-6-15-9-14(11-24-19(15)27)5-7-23(21(30)25-22(31)26-23)13-28-12-16-3-4-17(32-2)10-18(16)20(28)29/h3-4,6,8-12,29H,13H2,1-2H3,(H2,25,26,30,31)/t23-/m1/s1. The number of imide groups is 1. The van der Waals surface area contributed by atoms with Crippen molar-refractivity contribution in [3.8, 4) is 23.5 Å². The highest BCUT2D eigenvalue weighted by Gasteiger charge is 2.46. The molecule has 4 aromatic rings. The number of methoxy groups -OCH3 is 1. The van der Waals surface area contributed by atoms with Gasteiger partial charge in [-0.2, -0.15) is 0 Å². The molecule has 9 heteroatoms. The van der Waals surface area contributed by atoms with Gasteiger partial charge in [0.15, 0.2) is 5.88 Å². The number of ether oxygens (including phenoxy) is 1. The van der Waals surface area contributed by atoms with E-state index in [1.54, 1.807) is 37.7 Å². The van der Waals surface area contributed by atoms with E-state index in [1.807, 2.05) is 29.9 Å². The number of fused-ring (bicyclic) bond motifs is 2. The third kappa shape index (κ3) is 3.09. The lowest BCUT2D eigenvalue weighted by atomic mass is 10.00. The second-order valence-corrected chi connectivity index (χ2v) is 7.66. The molecule has 1 atom stereocenters. The molecule has 0 unspecified atom stereocenters. The van der Waals surface area contributed by atoms with Gasteiger partial charge in [-0.25, -0.2) is 9.78 Å². The molecule has 1 saturated heterocycles. The molecule has 1 aromatic carbocycles. The van der Waals surface area contributed by atoms with E-state index in [0.717, 1.165) is 16.4 Å². The third-order valence-corrected chi connectivity index (χ3v) is 5.54. The number of aromatic hydroxyl groups is 1. The molecule has 3 aromatic heterocycles. The maximum Gasteiger partial charge on any atom is 0.323 e. The fourth-order valence-corrected chi connectivity index (χ4v) is 3.86. The fourth-order valence-electron chi connectivity index (χ4n) is 3.86. The summed E-state index contributed by atoms with van der Waals surface area (Å²) in [7, 11) is 3.44. The van der Waals surface area contributed by atoms with Crippen LogP contribution in [0.5, 0.6) is 11.6 Å². The van der Waals surface area contributed by atoms with Crippen molar-refractivity contribution in [3.05, 3.63) is 54.5 Å². The van der Waals surface area contributed by atoms with E-state index < -0.39 is 17.5 Å². The second-order valence-electron chi connectivity index (χ2n) is 7.66. The van der Waals surface area contributed by atoms with Gasteiger partial charge in [0, 0.05) is 47.4 Å². The summed E-state index contributed by atoms with van der Waals surface area (Å²) in [6, 6.07) is 8.43. The number of nitrogens with one attached hydrogen (secondary N) is 2. The molecule has 0 spiro atoms. The molecular weight excluding hydrogens is 410 g/mol. The first-order valence-electron chi connectivity index (χ1n) is 9.82. The Morgan fingerprint density at radius 3 is 2.81 bits per heavy atom. The molecule has 1 aliphatic rings. The molecule has 9 nitrogen and oxygen atoms in total. The van der Waals surface area contributed by atoms with Crippen molar-refractivity contribution < 1.29 is 19.4 Å². The fraction of sp³-hybridized carbons (Fsp3) is 0.174. The molecule has 4 heterocycles. The molecule has 5 rings (SSSR count). The Morgan fingerprint density at radius 2 is 2.06 bits per heavy atom. The van der Waals surface area contributed by atoms with E-state index in [-0.39, 0.29) is 12.4 Å². The average Bonchev–Trinajstić information content (AvgIpc) is 3.40. The number of nitrogens with zero attached hydrogens (tertiary/aromatic N) is 3. The van der Waals surface area contributed by atoms with Crippen molar-refractivity contribution >= 4 is 33.7 Å². The highest BCUT2D eigenvalue weighted by molar-refractivity contribution is 6.09. The SMILES string of the molecule is COc1ccc2cn(C[C@@]3(C#Cc4cnc5c(ccn5C)c4)NC(=O)NC3=O)c(O)c2c1. The van der Waals surface area contributed by atoms with Gasteiger partial charge in [0.2, 0.25) is 5.54 Å². The monoisotopic (exact) mass is 429 g/mol. The number of pyridine rings is 1. The molecule has 3 N–H and O–H groups in total. The van der Waals surface area contributed by atoms with E-state index in [1.165, 1.54) is 4.57 Å². The Morgan fingerprint density at radius 1 is 1.22 bits per heavy atom.